The number of hydrogen-bond donors (Lipinski definition) is 3. The minimum Gasteiger partial charge on any atom is -0.493 e. The van der Waals surface area contributed by atoms with Gasteiger partial charge in [0.1, 0.15) is 0 Å². The minimum atomic E-state index is -3.63. The van der Waals surface area contributed by atoms with E-state index in [1.807, 2.05) is 13.1 Å². The Bertz CT molecular complexity index is 1270. The Morgan fingerprint density at radius 2 is 1.84 bits per heavy atom. The lowest BCUT2D eigenvalue weighted by molar-refractivity contribution is 0.314. The predicted octanol–water partition coefficient (Wildman–Crippen LogP) is 4.00. The van der Waals surface area contributed by atoms with Crippen LogP contribution in [0.1, 0.15) is 31.9 Å². The van der Waals surface area contributed by atoms with Crippen LogP contribution in [-0.2, 0) is 23.0 Å². The molecular weight excluding hydrogens is 416 g/mol. The molecule has 0 saturated heterocycles. The Balaban J connectivity index is 1.86. The van der Waals surface area contributed by atoms with E-state index in [0.717, 1.165) is 35.2 Å². The molecule has 0 fully saturated rings. The van der Waals surface area contributed by atoms with Gasteiger partial charge in [0.05, 0.1) is 10.4 Å². The fourth-order valence-corrected chi connectivity index (χ4v) is 5.57. The average Bonchev–Trinajstić information content (AvgIpc) is 3.01. The first kappa shape index (κ1) is 21.5. The molecular formula is C22H26N4O4S. The first-order valence-electron chi connectivity index (χ1n) is 10.1. The Hall–Kier alpha value is -2.75. The molecule has 0 aliphatic carbocycles. The van der Waals surface area contributed by atoms with Gasteiger partial charge < -0.3 is 15.0 Å². The smallest absolute Gasteiger partial charge is 0.241 e. The first-order chi connectivity index (χ1) is 14.5. The molecule has 3 aromatic rings. The summed E-state index contributed by atoms with van der Waals surface area (Å²) >= 11 is 0. The zero-order valence-electron chi connectivity index (χ0n) is 18.0. The van der Waals surface area contributed by atoms with Gasteiger partial charge in [-0.15, -0.1) is 4.91 Å². The maximum atomic E-state index is 12.6. The molecule has 31 heavy (non-hydrogen) atoms. The summed E-state index contributed by atoms with van der Waals surface area (Å²) in [6.45, 7) is 6.92. The summed E-state index contributed by atoms with van der Waals surface area (Å²) in [4.78, 5) is 16.6. The average molecular weight is 443 g/mol. The number of H-pyrrole nitrogens is 1. The van der Waals surface area contributed by atoms with E-state index in [2.05, 4.69) is 19.8 Å². The van der Waals surface area contributed by atoms with E-state index in [1.54, 1.807) is 45.0 Å². The van der Waals surface area contributed by atoms with Crippen molar-refractivity contribution in [3.63, 3.8) is 0 Å². The number of nitroso groups, excluding NO2 is 1. The van der Waals surface area contributed by atoms with Crippen LogP contribution < -0.4 is 4.72 Å². The number of nitrogens with zero attached hydrogens (tertiary/aromatic N) is 2. The highest BCUT2D eigenvalue weighted by Gasteiger charge is 2.25. The summed E-state index contributed by atoms with van der Waals surface area (Å²) in [7, 11) is -1.62. The molecule has 0 spiro atoms. The molecule has 0 unspecified atom stereocenters. The SMILES string of the molecule is CN1CCc2c(-c3ccc(S(=O)(=O)NC(C)(C)C)cc3)cc3c(N=O)c(O)[nH]c3c2C1. The second-order valence-electron chi connectivity index (χ2n) is 9.08. The van der Waals surface area contributed by atoms with Crippen LogP contribution in [0.15, 0.2) is 40.4 Å². The number of likely N-dealkylation sites (N-methyl/N-ethyl adjacent to an activating group) is 1. The summed E-state index contributed by atoms with van der Waals surface area (Å²) in [6.07, 6.45) is 0.798. The van der Waals surface area contributed by atoms with E-state index in [1.165, 1.54) is 0 Å². The number of aromatic amines is 1. The molecule has 2 aromatic carbocycles. The molecule has 4 rings (SSSR count). The number of rotatable bonds is 4. The highest BCUT2D eigenvalue weighted by Crippen LogP contribution is 2.43. The fourth-order valence-electron chi connectivity index (χ4n) is 4.15. The summed E-state index contributed by atoms with van der Waals surface area (Å²) in [5.74, 6) is -0.243. The number of aromatic nitrogens is 1. The van der Waals surface area contributed by atoms with Crippen molar-refractivity contribution in [3.05, 3.63) is 46.4 Å². The standard InChI is InChI=1S/C22H26N4O4S/c1-22(2,3)25-31(29,30)14-7-5-13(6-8-14)16-11-17-19(23-21(27)20(17)24-28)18-12-26(4)10-9-15(16)18/h5-8,11,23,25,27H,9-10,12H2,1-4H3. The monoisotopic (exact) mass is 442 g/mol. The normalized spacial score (nSPS) is 15.2. The van der Waals surface area contributed by atoms with Gasteiger partial charge in [-0.05, 0) is 79.9 Å². The lowest BCUT2D eigenvalue weighted by atomic mass is 9.89. The van der Waals surface area contributed by atoms with Gasteiger partial charge in [0.25, 0.3) is 0 Å². The van der Waals surface area contributed by atoms with Crippen LogP contribution in [0.3, 0.4) is 0 Å². The van der Waals surface area contributed by atoms with Gasteiger partial charge in [-0.25, -0.2) is 13.1 Å². The topological polar surface area (TPSA) is 115 Å². The maximum Gasteiger partial charge on any atom is 0.241 e. The highest BCUT2D eigenvalue weighted by atomic mass is 32.2. The van der Waals surface area contributed by atoms with Crippen LogP contribution in [0.4, 0.5) is 5.69 Å². The predicted molar refractivity (Wildman–Crippen MR) is 121 cm³/mol. The van der Waals surface area contributed by atoms with E-state index in [-0.39, 0.29) is 16.5 Å². The van der Waals surface area contributed by atoms with E-state index in [0.29, 0.717) is 17.4 Å². The van der Waals surface area contributed by atoms with Crippen molar-refractivity contribution in [2.75, 3.05) is 13.6 Å². The number of fused-ring (bicyclic) bond motifs is 3. The molecule has 8 nitrogen and oxygen atoms in total. The Kier molecular flexibility index (Phi) is 5.15. The summed E-state index contributed by atoms with van der Waals surface area (Å²) < 4.78 is 27.9. The summed E-state index contributed by atoms with van der Waals surface area (Å²) in [6, 6.07) is 8.57. The van der Waals surface area contributed by atoms with Crippen molar-refractivity contribution < 1.29 is 13.5 Å². The summed E-state index contributed by atoms with van der Waals surface area (Å²) in [5, 5.41) is 13.7. The molecule has 0 atom stereocenters. The van der Waals surface area contributed by atoms with Crippen LogP contribution >= 0.6 is 0 Å². The quantitative estimate of drug-likeness (QED) is 0.528. The first-order valence-corrected chi connectivity index (χ1v) is 11.5. The van der Waals surface area contributed by atoms with E-state index in [9.17, 15) is 18.4 Å². The largest absolute Gasteiger partial charge is 0.493 e. The molecule has 0 saturated carbocycles. The van der Waals surface area contributed by atoms with Crippen molar-refractivity contribution in [2.24, 2.45) is 5.18 Å². The maximum absolute atomic E-state index is 12.6. The van der Waals surface area contributed by atoms with Crippen molar-refractivity contribution in [1.29, 1.82) is 0 Å². The zero-order chi connectivity index (χ0) is 22.6. The van der Waals surface area contributed by atoms with Crippen molar-refractivity contribution in [1.82, 2.24) is 14.6 Å². The number of hydrogen-bond acceptors (Lipinski definition) is 6. The van der Waals surface area contributed by atoms with Crippen LogP contribution in [-0.4, -0.2) is 42.5 Å². The second-order valence-corrected chi connectivity index (χ2v) is 10.8. The molecule has 0 bridgehead atoms. The zero-order valence-corrected chi connectivity index (χ0v) is 18.8. The van der Waals surface area contributed by atoms with E-state index >= 15 is 0 Å². The van der Waals surface area contributed by atoms with Crippen LogP contribution in [0.25, 0.3) is 22.0 Å². The van der Waals surface area contributed by atoms with Gasteiger partial charge in [-0.2, -0.15) is 0 Å². The second kappa shape index (κ2) is 7.44. The third-order valence-corrected chi connectivity index (χ3v) is 7.22. The van der Waals surface area contributed by atoms with Crippen LogP contribution in [0.2, 0.25) is 0 Å². The van der Waals surface area contributed by atoms with Gasteiger partial charge in [0.15, 0.2) is 5.69 Å². The van der Waals surface area contributed by atoms with Crippen LogP contribution in [0, 0.1) is 4.91 Å². The fraction of sp³-hybridized carbons (Fsp3) is 0.364. The van der Waals surface area contributed by atoms with Gasteiger partial charge in [-0.3, -0.25) is 0 Å². The molecule has 9 heteroatoms. The minimum absolute atomic E-state index is 0.0131. The Morgan fingerprint density at radius 1 is 1.16 bits per heavy atom. The molecule has 1 aliphatic heterocycles. The lowest BCUT2D eigenvalue weighted by Crippen LogP contribution is -2.40. The summed E-state index contributed by atoms with van der Waals surface area (Å²) in [5.41, 5.74) is 4.00. The van der Waals surface area contributed by atoms with Gasteiger partial charge in [0, 0.05) is 24.0 Å². The third kappa shape index (κ3) is 3.96. The molecule has 0 radical (unpaired) electrons. The third-order valence-electron chi connectivity index (χ3n) is 5.45. The van der Waals surface area contributed by atoms with Crippen molar-refractivity contribution >= 4 is 26.6 Å². The number of sulfonamides is 1. The molecule has 0 amide bonds. The molecule has 2 heterocycles. The van der Waals surface area contributed by atoms with Crippen LogP contribution in [0.5, 0.6) is 5.88 Å². The lowest BCUT2D eigenvalue weighted by Gasteiger charge is -2.27. The van der Waals surface area contributed by atoms with E-state index < -0.39 is 15.6 Å². The van der Waals surface area contributed by atoms with E-state index in [4.69, 9.17) is 0 Å². The highest BCUT2D eigenvalue weighted by molar-refractivity contribution is 7.89. The van der Waals surface area contributed by atoms with Crippen molar-refractivity contribution in [3.8, 4) is 17.0 Å². The van der Waals surface area contributed by atoms with Gasteiger partial charge in [0.2, 0.25) is 15.9 Å². The van der Waals surface area contributed by atoms with Crippen molar-refractivity contribution in [2.45, 2.75) is 44.2 Å². The van der Waals surface area contributed by atoms with Gasteiger partial charge in [-0.1, -0.05) is 12.1 Å². The molecule has 1 aliphatic rings. The molecule has 3 N–H and O–H groups in total. The number of benzene rings is 2. The number of nitrogens with one attached hydrogen (secondary N) is 2. The Labute approximate surface area is 181 Å². The molecule has 164 valence electrons. The Morgan fingerprint density at radius 3 is 2.45 bits per heavy atom. The molecule has 1 aromatic heterocycles. The number of aromatic hydroxyl groups is 1. The van der Waals surface area contributed by atoms with Gasteiger partial charge >= 0.3 is 0 Å².